The number of aromatic amines is 1. The number of carbonyl (C=O) groups is 2. The van der Waals surface area contributed by atoms with Crippen molar-refractivity contribution in [1.29, 1.82) is 0 Å². The van der Waals surface area contributed by atoms with Gasteiger partial charge in [0, 0.05) is 50.4 Å². The molecule has 7 N–H and O–H groups in total. The Balaban J connectivity index is 1.02. The predicted octanol–water partition coefficient (Wildman–Crippen LogP) is 0.996. The van der Waals surface area contributed by atoms with Gasteiger partial charge in [-0.1, -0.05) is 0 Å². The molecule has 4 heterocycles. The number of fused-ring (bicyclic) bond motifs is 1. The summed E-state index contributed by atoms with van der Waals surface area (Å²) in [6.45, 7) is 4.27. The standard InChI is InChI=1S/C27H36N10O3/c28-26-34-23-22(25(40)35-26)33-20(17-32-23)16-31-19-5-3-18(4-6-19)24(39)30-11-1-2-21(38)36-12-7-27(8-13-36)9-14-37(29)15-10-27/h3-6,17,31H,1-2,7-16,29H2,(H,30,39)(H3,28,32,34,35,40). The van der Waals surface area contributed by atoms with E-state index in [0.29, 0.717) is 42.6 Å². The molecule has 2 saturated heterocycles. The van der Waals surface area contributed by atoms with Crippen molar-refractivity contribution in [3.05, 3.63) is 52.1 Å². The molecule has 1 spiro atoms. The van der Waals surface area contributed by atoms with Crippen molar-refractivity contribution < 1.29 is 9.59 Å². The molecular formula is C27H36N10O3. The van der Waals surface area contributed by atoms with Crippen molar-refractivity contribution in [1.82, 2.24) is 35.2 Å². The van der Waals surface area contributed by atoms with E-state index in [2.05, 4.69) is 30.6 Å². The van der Waals surface area contributed by atoms with E-state index in [0.717, 1.165) is 57.5 Å². The van der Waals surface area contributed by atoms with E-state index >= 15 is 0 Å². The lowest BCUT2D eigenvalue weighted by Crippen LogP contribution is -2.49. The van der Waals surface area contributed by atoms with Crippen LogP contribution in [0.5, 0.6) is 0 Å². The Hall–Kier alpha value is -4.10. The molecule has 2 fully saturated rings. The van der Waals surface area contributed by atoms with Crippen LogP contribution in [-0.2, 0) is 11.3 Å². The van der Waals surface area contributed by atoms with Crippen molar-refractivity contribution in [3.8, 4) is 0 Å². The molecule has 0 saturated carbocycles. The van der Waals surface area contributed by atoms with Gasteiger partial charge in [-0.25, -0.2) is 15.0 Å². The summed E-state index contributed by atoms with van der Waals surface area (Å²) in [6.07, 6.45) is 6.90. The molecule has 5 rings (SSSR count). The second kappa shape index (κ2) is 12.0. The maximum Gasteiger partial charge on any atom is 0.280 e. The first-order valence-corrected chi connectivity index (χ1v) is 13.7. The lowest BCUT2D eigenvalue weighted by molar-refractivity contribution is -0.134. The number of hydrogen-bond acceptors (Lipinski definition) is 10. The van der Waals surface area contributed by atoms with Crippen LogP contribution in [0.4, 0.5) is 11.6 Å². The van der Waals surface area contributed by atoms with Crippen LogP contribution in [0.1, 0.15) is 54.6 Å². The number of piperidine rings is 2. The fraction of sp³-hybridized carbons (Fsp3) is 0.481. The van der Waals surface area contributed by atoms with Gasteiger partial charge in [-0.2, -0.15) is 4.98 Å². The number of nitrogens with zero attached hydrogens (tertiary/aromatic N) is 5. The quantitative estimate of drug-likeness (QED) is 0.201. The first-order valence-electron chi connectivity index (χ1n) is 13.7. The lowest BCUT2D eigenvalue weighted by atomic mass is 9.71. The molecule has 40 heavy (non-hydrogen) atoms. The molecular weight excluding hydrogens is 512 g/mol. The Morgan fingerprint density at radius 3 is 2.45 bits per heavy atom. The van der Waals surface area contributed by atoms with Crippen LogP contribution >= 0.6 is 0 Å². The average Bonchev–Trinajstić information content (AvgIpc) is 2.96. The van der Waals surface area contributed by atoms with Gasteiger partial charge in [-0.05, 0) is 61.8 Å². The summed E-state index contributed by atoms with van der Waals surface area (Å²) in [5.41, 5.74) is 7.62. The molecule has 0 radical (unpaired) electrons. The van der Waals surface area contributed by atoms with Crippen molar-refractivity contribution in [2.24, 2.45) is 11.3 Å². The van der Waals surface area contributed by atoms with Gasteiger partial charge in [0.1, 0.15) is 0 Å². The third kappa shape index (κ3) is 6.54. The van der Waals surface area contributed by atoms with Gasteiger partial charge in [0.25, 0.3) is 11.5 Å². The highest BCUT2D eigenvalue weighted by Crippen LogP contribution is 2.40. The smallest absolute Gasteiger partial charge is 0.280 e. The maximum absolute atomic E-state index is 12.7. The monoisotopic (exact) mass is 548 g/mol. The second-order valence-corrected chi connectivity index (χ2v) is 10.7. The first kappa shape index (κ1) is 27.5. The van der Waals surface area contributed by atoms with Crippen LogP contribution in [0, 0.1) is 5.41 Å². The molecule has 2 aromatic heterocycles. The van der Waals surface area contributed by atoms with Crippen molar-refractivity contribution in [2.75, 3.05) is 43.8 Å². The topological polar surface area (TPSA) is 188 Å². The number of anilines is 2. The maximum atomic E-state index is 12.7. The molecule has 2 amide bonds. The summed E-state index contributed by atoms with van der Waals surface area (Å²) < 4.78 is 0. The number of rotatable bonds is 8. The number of nitrogens with one attached hydrogen (secondary N) is 3. The number of nitrogens with two attached hydrogens (primary N) is 2. The summed E-state index contributed by atoms with van der Waals surface area (Å²) in [5.74, 6) is 5.88. The fourth-order valence-corrected chi connectivity index (χ4v) is 5.42. The Bertz CT molecular complexity index is 1410. The van der Waals surface area contributed by atoms with Crippen LogP contribution in [0.15, 0.2) is 35.3 Å². The number of likely N-dealkylation sites (tertiary alicyclic amines) is 1. The molecule has 13 nitrogen and oxygen atoms in total. The lowest BCUT2D eigenvalue weighted by Gasteiger charge is -2.46. The van der Waals surface area contributed by atoms with E-state index in [-0.39, 0.29) is 28.9 Å². The predicted molar refractivity (Wildman–Crippen MR) is 151 cm³/mol. The van der Waals surface area contributed by atoms with E-state index in [1.54, 1.807) is 24.3 Å². The van der Waals surface area contributed by atoms with Gasteiger partial charge in [0.2, 0.25) is 11.9 Å². The van der Waals surface area contributed by atoms with Gasteiger partial charge >= 0.3 is 0 Å². The van der Waals surface area contributed by atoms with Crippen LogP contribution < -0.4 is 27.8 Å². The Morgan fingerprint density at radius 2 is 1.73 bits per heavy atom. The number of benzene rings is 1. The second-order valence-electron chi connectivity index (χ2n) is 10.7. The van der Waals surface area contributed by atoms with Crippen LogP contribution in [0.3, 0.4) is 0 Å². The number of aromatic nitrogens is 4. The number of carbonyl (C=O) groups excluding carboxylic acids is 2. The van der Waals surface area contributed by atoms with Crippen molar-refractivity contribution in [2.45, 2.75) is 45.1 Å². The van der Waals surface area contributed by atoms with E-state index in [4.69, 9.17) is 11.6 Å². The summed E-state index contributed by atoms with van der Waals surface area (Å²) in [6, 6.07) is 7.04. The number of hydrogen-bond donors (Lipinski definition) is 5. The van der Waals surface area contributed by atoms with E-state index in [1.807, 2.05) is 9.91 Å². The van der Waals surface area contributed by atoms with Crippen LogP contribution in [-0.4, -0.2) is 74.4 Å². The van der Waals surface area contributed by atoms with Crippen molar-refractivity contribution in [3.63, 3.8) is 0 Å². The number of nitrogen functional groups attached to an aromatic ring is 1. The van der Waals surface area contributed by atoms with E-state index < -0.39 is 5.56 Å². The zero-order chi connectivity index (χ0) is 28.1. The van der Waals surface area contributed by atoms with Gasteiger partial charge in [0.05, 0.1) is 18.4 Å². The van der Waals surface area contributed by atoms with E-state index in [9.17, 15) is 14.4 Å². The Labute approximate surface area is 231 Å². The number of hydrazine groups is 1. The Morgan fingerprint density at radius 1 is 1.02 bits per heavy atom. The molecule has 0 atom stereocenters. The first-order chi connectivity index (χ1) is 19.3. The summed E-state index contributed by atoms with van der Waals surface area (Å²) in [7, 11) is 0. The van der Waals surface area contributed by atoms with Crippen LogP contribution in [0.2, 0.25) is 0 Å². The molecule has 2 aliphatic rings. The highest BCUT2D eigenvalue weighted by molar-refractivity contribution is 5.94. The summed E-state index contributed by atoms with van der Waals surface area (Å²) in [5, 5.41) is 7.99. The normalized spacial score (nSPS) is 17.2. The highest BCUT2D eigenvalue weighted by Gasteiger charge is 2.37. The van der Waals surface area contributed by atoms with Gasteiger partial charge in [-0.15, -0.1) is 0 Å². The zero-order valence-electron chi connectivity index (χ0n) is 22.5. The van der Waals surface area contributed by atoms with Crippen molar-refractivity contribution >= 4 is 34.6 Å². The zero-order valence-corrected chi connectivity index (χ0v) is 22.5. The molecule has 212 valence electrons. The minimum absolute atomic E-state index is 0.00898. The minimum Gasteiger partial charge on any atom is -0.379 e. The SMILES string of the molecule is Nc1nc2ncc(CNc3ccc(C(=O)NCCCC(=O)N4CCC5(CCN(N)CC5)CC4)cc3)nc2c(=O)[nH]1. The Kier molecular flexibility index (Phi) is 8.21. The largest absolute Gasteiger partial charge is 0.379 e. The fourth-order valence-electron chi connectivity index (χ4n) is 5.42. The molecule has 1 aromatic carbocycles. The minimum atomic E-state index is -0.444. The highest BCUT2D eigenvalue weighted by atomic mass is 16.2. The van der Waals surface area contributed by atoms with Gasteiger partial charge < -0.3 is 21.3 Å². The molecule has 0 unspecified atom stereocenters. The summed E-state index contributed by atoms with van der Waals surface area (Å²) >= 11 is 0. The molecule has 0 bridgehead atoms. The van der Waals surface area contributed by atoms with Gasteiger partial charge in [-0.3, -0.25) is 25.2 Å². The third-order valence-electron chi connectivity index (χ3n) is 8.00. The summed E-state index contributed by atoms with van der Waals surface area (Å²) in [4.78, 5) is 54.1. The molecule has 2 aliphatic heterocycles. The van der Waals surface area contributed by atoms with Crippen LogP contribution in [0.25, 0.3) is 11.2 Å². The molecule has 3 aromatic rings. The number of amides is 2. The molecule has 13 heteroatoms. The van der Waals surface area contributed by atoms with Gasteiger partial charge in [0.15, 0.2) is 11.2 Å². The molecule has 0 aliphatic carbocycles. The third-order valence-corrected chi connectivity index (χ3v) is 8.00. The van der Waals surface area contributed by atoms with E-state index in [1.165, 1.54) is 6.20 Å². The average molecular weight is 549 g/mol. The number of H-pyrrole nitrogens is 1.